The molecule has 188 valence electrons. The van der Waals surface area contributed by atoms with E-state index in [1.54, 1.807) is 0 Å². The number of aromatic nitrogens is 4. The van der Waals surface area contributed by atoms with Crippen molar-refractivity contribution in [1.29, 1.82) is 0 Å². The molecule has 0 atom stereocenters. The van der Waals surface area contributed by atoms with Crippen LogP contribution < -0.4 is 4.90 Å². The van der Waals surface area contributed by atoms with Gasteiger partial charge in [0.1, 0.15) is 0 Å². The summed E-state index contributed by atoms with van der Waals surface area (Å²) in [6.45, 7) is 12.1. The number of aryl methyl sites for hydroxylation is 1. The minimum atomic E-state index is 0.236. The number of hydrogen-bond donors (Lipinski definition) is 0. The highest BCUT2D eigenvalue weighted by Crippen LogP contribution is 2.36. The zero-order valence-corrected chi connectivity index (χ0v) is 22.2. The van der Waals surface area contributed by atoms with Crippen LogP contribution in [0.4, 0.5) is 5.82 Å². The second-order valence-corrected chi connectivity index (χ2v) is 11.7. The van der Waals surface area contributed by atoms with E-state index in [4.69, 9.17) is 19.8 Å². The van der Waals surface area contributed by atoms with E-state index in [-0.39, 0.29) is 5.54 Å². The number of hydrogen-bond acceptors (Lipinski definition) is 7. The lowest BCUT2D eigenvalue weighted by molar-refractivity contribution is 0.0703. The Morgan fingerprint density at radius 1 is 1.03 bits per heavy atom. The monoisotopic (exact) mass is 502 g/mol. The summed E-state index contributed by atoms with van der Waals surface area (Å²) in [6, 6.07) is 12.7. The maximum atomic E-state index is 5.63. The first-order valence-corrected chi connectivity index (χ1v) is 13.8. The van der Waals surface area contributed by atoms with Crippen LogP contribution in [0.2, 0.25) is 0 Å². The van der Waals surface area contributed by atoms with Crippen LogP contribution in [-0.2, 0) is 11.3 Å². The fourth-order valence-corrected chi connectivity index (χ4v) is 6.45. The normalized spacial score (nSPS) is 18.7. The molecule has 2 aliphatic heterocycles. The Morgan fingerprint density at radius 2 is 1.89 bits per heavy atom. The van der Waals surface area contributed by atoms with Gasteiger partial charge in [0, 0.05) is 41.8 Å². The van der Waals surface area contributed by atoms with E-state index in [0.717, 1.165) is 66.7 Å². The van der Waals surface area contributed by atoms with E-state index in [2.05, 4.69) is 60.9 Å². The lowest BCUT2D eigenvalue weighted by Gasteiger charge is -2.42. The number of benzene rings is 1. The van der Waals surface area contributed by atoms with Crippen LogP contribution in [-0.4, -0.2) is 63.0 Å². The third-order valence-electron chi connectivity index (χ3n) is 7.48. The molecule has 0 aliphatic carbocycles. The highest BCUT2D eigenvalue weighted by Gasteiger charge is 2.30. The zero-order chi connectivity index (χ0) is 24.7. The van der Waals surface area contributed by atoms with Crippen LogP contribution >= 0.6 is 11.3 Å². The van der Waals surface area contributed by atoms with Crippen molar-refractivity contribution in [3.8, 4) is 17.2 Å². The Labute approximate surface area is 216 Å². The van der Waals surface area contributed by atoms with Gasteiger partial charge in [0.25, 0.3) is 5.95 Å². The number of piperidine rings is 1. The van der Waals surface area contributed by atoms with Crippen molar-refractivity contribution >= 4 is 27.4 Å². The van der Waals surface area contributed by atoms with Gasteiger partial charge in [0.15, 0.2) is 5.82 Å². The molecule has 36 heavy (non-hydrogen) atoms. The SMILES string of the molecule is Cc1cccc(-c2ccn(-c3nc(N4CCOCC4)c4sc(CN5CCCCC5(C)C)cc4n3)n2)c1. The quantitative estimate of drug-likeness (QED) is 0.362. The van der Waals surface area contributed by atoms with Gasteiger partial charge in [-0.15, -0.1) is 11.3 Å². The van der Waals surface area contributed by atoms with Gasteiger partial charge in [-0.1, -0.05) is 30.2 Å². The third-order valence-corrected chi connectivity index (χ3v) is 8.59. The van der Waals surface area contributed by atoms with E-state index in [1.807, 2.05) is 28.3 Å². The van der Waals surface area contributed by atoms with Crippen LogP contribution in [0.5, 0.6) is 0 Å². The summed E-state index contributed by atoms with van der Waals surface area (Å²) in [4.78, 5) is 16.4. The standard InChI is InChI=1S/C28H34N6OS/c1-20-7-6-8-21(17-20)23-9-12-34(31-23)27-29-24-18-22(19-33-11-5-4-10-28(33,2)3)36-25(24)26(30-27)32-13-15-35-16-14-32/h6-9,12,17-18H,4-5,10-11,13-16,19H2,1-3H3. The molecule has 5 heterocycles. The minimum Gasteiger partial charge on any atom is -0.378 e. The Kier molecular flexibility index (Phi) is 6.27. The molecule has 3 aromatic heterocycles. The topological polar surface area (TPSA) is 59.3 Å². The summed E-state index contributed by atoms with van der Waals surface area (Å²) in [7, 11) is 0. The van der Waals surface area contributed by atoms with Gasteiger partial charge in [0.2, 0.25) is 0 Å². The highest BCUT2D eigenvalue weighted by atomic mass is 32.1. The molecular formula is C28H34N6OS. The Bertz CT molecular complexity index is 1370. The van der Waals surface area contributed by atoms with Gasteiger partial charge >= 0.3 is 0 Å². The van der Waals surface area contributed by atoms with E-state index >= 15 is 0 Å². The van der Waals surface area contributed by atoms with Crippen LogP contribution in [0, 0.1) is 6.92 Å². The Balaban J connectivity index is 1.39. The third kappa shape index (κ3) is 4.65. The number of ether oxygens (including phenoxy) is 1. The molecule has 4 aromatic rings. The molecular weight excluding hydrogens is 468 g/mol. The van der Waals surface area contributed by atoms with Crippen LogP contribution in [0.25, 0.3) is 27.4 Å². The molecule has 1 aromatic carbocycles. The average molecular weight is 503 g/mol. The first kappa shape index (κ1) is 23.6. The van der Waals surface area contributed by atoms with Crippen molar-refractivity contribution in [2.24, 2.45) is 0 Å². The fraction of sp³-hybridized carbons (Fsp3) is 0.464. The number of thiophene rings is 1. The predicted octanol–water partition coefficient (Wildman–Crippen LogP) is 5.45. The van der Waals surface area contributed by atoms with Gasteiger partial charge in [-0.25, -0.2) is 9.67 Å². The van der Waals surface area contributed by atoms with Crippen molar-refractivity contribution in [2.75, 3.05) is 37.7 Å². The van der Waals surface area contributed by atoms with Crippen molar-refractivity contribution in [3.05, 3.63) is 53.0 Å². The number of anilines is 1. The van der Waals surface area contributed by atoms with Crippen LogP contribution in [0.15, 0.2) is 42.6 Å². The number of fused-ring (bicyclic) bond motifs is 1. The van der Waals surface area contributed by atoms with Gasteiger partial charge in [-0.05, 0) is 58.4 Å². The van der Waals surface area contributed by atoms with Crippen molar-refractivity contribution in [3.63, 3.8) is 0 Å². The van der Waals surface area contributed by atoms with E-state index < -0.39 is 0 Å². The largest absolute Gasteiger partial charge is 0.378 e. The van der Waals surface area contributed by atoms with E-state index in [0.29, 0.717) is 5.95 Å². The molecule has 2 aliphatic rings. The van der Waals surface area contributed by atoms with E-state index in [1.165, 1.54) is 29.7 Å². The van der Waals surface area contributed by atoms with Crippen molar-refractivity contribution < 1.29 is 4.74 Å². The lowest BCUT2D eigenvalue weighted by atomic mass is 9.90. The Morgan fingerprint density at radius 3 is 2.69 bits per heavy atom. The van der Waals surface area contributed by atoms with Crippen LogP contribution in [0.3, 0.4) is 0 Å². The van der Waals surface area contributed by atoms with Gasteiger partial charge in [-0.2, -0.15) is 10.1 Å². The summed E-state index contributed by atoms with van der Waals surface area (Å²) >= 11 is 1.84. The maximum absolute atomic E-state index is 5.63. The number of rotatable bonds is 5. The Hall–Kier alpha value is -2.81. The summed E-state index contributed by atoms with van der Waals surface area (Å²) in [5.74, 6) is 1.62. The van der Waals surface area contributed by atoms with Gasteiger partial charge in [0.05, 0.1) is 29.1 Å². The van der Waals surface area contributed by atoms with Gasteiger partial charge in [-0.3, -0.25) is 4.90 Å². The van der Waals surface area contributed by atoms with Crippen LogP contribution in [0.1, 0.15) is 43.6 Å². The van der Waals surface area contributed by atoms with E-state index in [9.17, 15) is 0 Å². The molecule has 8 heteroatoms. The summed E-state index contributed by atoms with van der Waals surface area (Å²) in [5.41, 5.74) is 4.49. The summed E-state index contributed by atoms with van der Waals surface area (Å²) < 4.78 is 8.61. The molecule has 0 N–H and O–H groups in total. The van der Waals surface area contributed by atoms with Gasteiger partial charge < -0.3 is 9.64 Å². The van der Waals surface area contributed by atoms with Crippen molar-refractivity contribution in [2.45, 2.75) is 52.1 Å². The molecule has 0 radical (unpaired) electrons. The molecule has 0 spiro atoms. The number of morpholine rings is 1. The van der Waals surface area contributed by atoms with Crippen molar-refractivity contribution in [1.82, 2.24) is 24.6 Å². The first-order valence-electron chi connectivity index (χ1n) is 13.0. The molecule has 6 rings (SSSR count). The zero-order valence-electron chi connectivity index (χ0n) is 21.4. The first-order chi connectivity index (χ1) is 17.5. The maximum Gasteiger partial charge on any atom is 0.253 e. The second kappa shape index (κ2) is 9.57. The average Bonchev–Trinajstić information content (AvgIpc) is 3.52. The number of nitrogens with zero attached hydrogens (tertiary/aromatic N) is 6. The smallest absolute Gasteiger partial charge is 0.253 e. The lowest BCUT2D eigenvalue weighted by Crippen LogP contribution is -2.46. The highest BCUT2D eigenvalue weighted by molar-refractivity contribution is 7.19. The predicted molar refractivity (Wildman–Crippen MR) is 146 cm³/mol. The molecule has 2 fully saturated rings. The molecule has 0 bridgehead atoms. The molecule has 0 saturated carbocycles. The minimum absolute atomic E-state index is 0.236. The molecule has 0 amide bonds. The molecule has 0 unspecified atom stereocenters. The number of likely N-dealkylation sites (tertiary alicyclic amines) is 1. The summed E-state index contributed by atoms with van der Waals surface area (Å²) in [6.07, 6.45) is 5.81. The summed E-state index contributed by atoms with van der Waals surface area (Å²) in [5, 5.41) is 4.85. The molecule has 7 nitrogen and oxygen atoms in total. The molecule has 2 saturated heterocycles. The second-order valence-electron chi connectivity index (χ2n) is 10.6. The fourth-order valence-electron chi connectivity index (χ4n) is 5.32.